The lowest BCUT2D eigenvalue weighted by molar-refractivity contribution is 0.229. The molecule has 146 valence electrons. The zero-order valence-electron chi connectivity index (χ0n) is 16.9. The smallest absolute Gasteiger partial charge is 0.221 e. The number of hydrogen-bond acceptors (Lipinski definition) is 2. The van der Waals surface area contributed by atoms with E-state index < -0.39 is 0 Å². The molecule has 5 heteroatoms. The van der Waals surface area contributed by atoms with E-state index in [0.29, 0.717) is 11.6 Å². The van der Waals surface area contributed by atoms with Crippen LogP contribution < -0.4 is 11.5 Å². The minimum Gasteiger partial charge on any atom is -0.390 e. The molecule has 1 aromatic rings. The molecule has 1 saturated heterocycles. The van der Waals surface area contributed by atoms with Crippen molar-refractivity contribution in [3.8, 4) is 0 Å². The lowest BCUT2D eigenvalue weighted by Crippen LogP contribution is -2.34. The third-order valence-corrected chi connectivity index (χ3v) is 5.12. The largest absolute Gasteiger partial charge is 0.390 e. The first kappa shape index (κ1) is 20.7. The topological polar surface area (TPSA) is 80.0 Å². The molecule has 0 aromatic heterocycles. The van der Waals surface area contributed by atoms with Gasteiger partial charge in [-0.15, -0.1) is 0 Å². The van der Waals surface area contributed by atoms with E-state index in [1.807, 2.05) is 0 Å². The van der Waals surface area contributed by atoms with Crippen molar-refractivity contribution in [2.75, 3.05) is 13.1 Å². The summed E-state index contributed by atoms with van der Waals surface area (Å²) >= 11 is 0. The van der Waals surface area contributed by atoms with Crippen LogP contribution in [0.2, 0.25) is 0 Å². The molecular weight excluding hydrogens is 334 g/mol. The van der Waals surface area contributed by atoms with Gasteiger partial charge in [0.05, 0.1) is 17.7 Å². The van der Waals surface area contributed by atoms with Crippen LogP contribution in [0.1, 0.15) is 44.7 Å². The molecule has 2 rings (SSSR count). The van der Waals surface area contributed by atoms with E-state index in [-0.39, 0.29) is 11.4 Å². The average molecular weight is 368 g/mol. The van der Waals surface area contributed by atoms with E-state index in [2.05, 4.69) is 73.1 Å². The van der Waals surface area contributed by atoms with Gasteiger partial charge in [-0.2, -0.15) is 0 Å². The summed E-state index contributed by atoms with van der Waals surface area (Å²) in [6.45, 7) is 16.8. The van der Waals surface area contributed by atoms with E-state index in [1.165, 1.54) is 11.1 Å². The molecule has 0 spiro atoms. The van der Waals surface area contributed by atoms with Gasteiger partial charge in [-0.1, -0.05) is 58.2 Å². The first-order valence-corrected chi connectivity index (χ1v) is 9.52. The quantitative estimate of drug-likeness (QED) is 0.474. The lowest BCUT2D eigenvalue weighted by atomic mass is 9.80. The van der Waals surface area contributed by atoms with Gasteiger partial charge in [-0.3, -0.25) is 0 Å². The molecule has 0 bridgehead atoms. The Hall–Kier alpha value is -2.56. The Morgan fingerprint density at radius 2 is 1.85 bits per heavy atom. The van der Waals surface area contributed by atoms with E-state index in [1.54, 1.807) is 0 Å². The molecular formula is C22H33N5. The molecule has 0 aliphatic carbocycles. The molecule has 0 saturated carbocycles. The first-order chi connectivity index (χ1) is 12.7. The summed E-state index contributed by atoms with van der Waals surface area (Å²) in [5.74, 6) is 0.776. The van der Waals surface area contributed by atoms with Crippen molar-refractivity contribution in [1.82, 2.24) is 4.90 Å². The number of guanidine groups is 1. The Kier molecular flexibility index (Phi) is 6.83. The summed E-state index contributed by atoms with van der Waals surface area (Å²) in [6.07, 6.45) is 4.51. The molecule has 1 aliphatic heterocycles. The molecule has 0 unspecified atom stereocenters. The van der Waals surface area contributed by atoms with Gasteiger partial charge in [-0.25, -0.2) is 9.98 Å². The Labute approximate surface area is 163 Å². The van der Waals surface area contributed by atoms with Crippen LogP contribution in [-0.2, 0) is 11.8 Å². The third-order valence-electron chi connectivity index (χ3n) is 5.12. The maximum atomic E-state index is 5.66. The van der Waals surface area contributed by atoms with Crippen LogP contribution in [0.5, 0.6) is 0 Å². The number of nitrogens with two attached hydrogens (primary N) is 2. The van der Waals surface area contributed by atoms with Crippen LogP contribution in [0, 0.1) is 5.92 Å². The summed E-state index contributed by atoms with van der Waals surface area (Å²) in [5.41, 5.74) is 15.3. The summed E-state index contributed by atoms with van der Waals surface area (Å²) < 4.78 is 0. The van der Waals surface area contributed by atoms with Gasteiger partial charge >= 0.3 is 0 Å². The van der Waals surface area contributed by atoms with Crippen molar-refractivity contribution in [2.24, 2.45) is 27.4 Å². The van der Waals surface area contributed by atoms with Gasteiger partial charge in [0.15, 0.2) is 0 Å². The summed E-state index contributed by atoms with van der Waals surface area (Å²) in [5, 5.41) is 0. The van der Waals surface area contributed by atoms with Crippen LogP contribution >= 0.6 is 0 Å². The van der Waals surface area contributed by atoms with Crippen LogP contribution in [0.15, 0.2) is 58.8 Å². The number of rotatable bonds is 5. The standard InChI is InChI=1S/C22H33N5/c1-16(26-21(24)25-15-23)17(2)27-12-10-18(11-13-27)14-19-8-6-7-9-20(19)22(3,4)5/h6-9,15,18H,1-2,10-14H2,3-5H3,(H4,23,24,25,26). The minimum absolute atomic E-state index is 0.0947. The Balaban J connectivity index is 1.96. The van der Waals surface area contributed by atoms with E-state index >= 15 is 0 Å². The maximum absolute atomic E-state index is 5.66. The SMILES string of the molecule is C=C(N=C(N)N=CN)C(=C)N1CCC(Cc2ccccc2C(C)(C)C)CC1. The van der Waals surface area contributed by atoms with Crippen molar-refractivity contribution in [3.63, 3.8) is 0 Å². The highest BCUT2D eigenvalue weighted by molar-refractivity contribution is 5.86. The monoisotopic (exact) mass is 367 g/mol. The summed E-state index contributed by atoms with van der Waals surface area (Å²) in [7, 11) is 0. The van der Waals surface area contributed by atoms with Crippen molar-refractivity contribution >= 4 is 12.3 Å². The number of likely N-dealkylation sites (tertiary alicyclic amines) is 1. The van der Waals surface area contributed by atoms with Crippen LogP contribution in [-0.4, -0.2) is 30.3 Å². The third kappa shape index (κ3) is 5.71. The second-order valence-electron chi connectivity index (χ2n) is 8.18. The molecule has 5 nitrogen and oxygen atoms in total. The Morgan fingerprint density at radius 1 is 1.22 bits per heavy atom. The number of benzene rings is 1. The van der Waals surface area contributed by atoms with Gasteiger partial charge in [0.1, 0.15) is 0 Å². The molecule has 1 heterocycles. The molecule has 1 aliphatic rings. The molecule has 0 amide bonds. The van der Waals surface area contributed by atoms with Gasteiger partial charge in [0.25, 0.3) is 0 Å². The average Bonchev–Trinajstić information content (AvgIpc) is 2.61. The predicted molar refractivity (Wildman–Crippen MR) is 116 cm³/mol. The lowest BCUT2D eigenvalue weighted by Gasteiger charge is -2.35. The van der Waals surface area contributed by atoms with Gasteiger partial charge in [0.2, 0.25) is 5.96 Å². The van der Waals surface area contributed by atoms with Crippen molar-refractivity contribution in [2.45, 2.75) is 45.4 Å². The Morgan fingerprint density at radius 3 is 2.44 bits per heavy atom. The fourth-order valence-electron chi connectivity index (χ4n) is 3.64. The molecule has 1 aromatic carbocycles. The highest BCUT2D eigenvalue weighted by atomic mass is 15.2. The maximum Gasteiger partial charge on any atom is 0.221 e. The molecule has 1 fully saturated rings. The predicted octanol–water partition coefficient (Wildman–Crippen LogP) is 3.57. The van der Waals surface area contributed by atoms with E-state index in [4.69, 9.17) is 11.5 Å². The molecule has 0 atom stereocenters. The van der Waals surface area contributed by atoms with Gasteiger partial charge in [-0.05, 0) is 41.7 Å². The molecule has 27 heavy (non-hydrogen) atoms. The van der Waals surface area contributed by atoms with Crippen molar-refractivity contribution in [1.29, 1.82) is 0 Å². The number of aliphatic imine (C=N–C) groups is 2. The fraction of sp³-hybridized carbons (Fsp3) is 0.455. The fourth-order valence-corrected chi connectivity index (χ4v) is 3.64. The van der Waals surface area contributed by atoms with Crippen LogP contribution in [0.4, 0.5) is 0 Å². The molecule has 0 radical (unpaired) electrons. The van der Waals surface area contributed by atoms with Crippen molar-refractivity contribution < 1.29 is 0 Å². The highest BCUT2D eigenvalue weighted by Gasteiger charge is 2.24. The second kappa shape index (κ2) is 8.89. The number of hydrogen-bond donors (Lipinski definition) is 2. The number of piperidine rings is 1. The number of nitrogens with zero attached hydrogens (tertiary/aromatic N) is 3. The normalized spacial score (nSPS) is 16.7. The Bertz CT molecular complexity index is 731. The van der Waals surface area contributed by atoms with E-state index in [9.17, 15) is 0 Å². The minimum atomic E-state index is 0.0947. The highest BCUT2D eigenvalue weighted by Crippen LogP contribution is 2.31. The van der Waals surface area contributed by atoms with Crippen LogP contribution in [0.25, 0.3) is 0 Å². The molecule has 4 N–H and O–H groups in total. The van der Waals surface area contributed by atoms with E-state index in [0.717, 1.165) is 44.4 Å². The van der Waals surface area contributed by atoms with Gasteiger partial charge in [0, 0.05) is 13.1 Å². The second-order valence-corrected chi connectivity index (χ2v) is 8.18. The van der Waals surface area contributed by atoms with Crippen LogP contribution in [0.3, 0.4) is 0 Å². The first-order valence-electron chi connectivity index (χ1n) is 9.52. The zero-order chi connectivity index (χ0) is 20.0. The van der Waals surface area contributed by atoms with Crippen molar-refractivity contribution in [3.05, 3.63) is 59.9 Å². The summed E-state index contributed by atoms with van der Waals surface area (Å²) in [6, 6.07) is 8.84. The zero-order valence-corrected chi connectivity index (χ0v) is 16.9. The summed E-state index contributed by atoms with van der Waals surface area (Å²) in [4.78, 5) is 10.1. The van der Waals surface area contributed by atoms with Gasteiger partial charge < -0.3 is 16.4 Å².